The van der Waals surface area contributed by atoms with Crippen molar-refractivity contribution in [2.45, 2.75) is 43.7 Å². The van der Waals surface area contributed by atoms with Crippen LogP contribution in [0.2, 0.25) is 0 Å². The third kappa shape index (κ3) is 1.98. The summed E-state index contributed by atoms with van der Waals surface area (Å²) in [7, 11) is 0.952. The van der Waals surface area contributed by atoms with Gasteiger partial charge in [0.25, 0.3) is 0 Å². The van der Waals surface area contributed by atoms with Gasteiger partial charge in [0, 0.05) is 12.6 Å². The molecule has 0 radical (unpaired) electrons. The van der Waals surface area contributed by atoms with Crippen LogP contribution in [0.15, 0.2) is 0 Å². The number of halogens is 7. The van der Waals surface area contributed by atoms with Crippen molar-refractivity contribution in [3.8, 4) is 0 Å². The molecule has 0 spiro atoms. The summed E-state index contributed by atoms with van der Waals surface area (Å²) >= 11 is 0. The quantitative estimate of drug-likeness (QED) is 0.764. The first-order valence-corrected chi connectivity index (χ1v) is 5.87. The Labute approximate surface area is 109 Å². The minimum Gasteiger partial charge on any atom is -0.266 e. The van der Waals surface area contributed by atoms with Crippen LogP contribution in [0.4, 0.5) is 30.7 Å². The average molecular weight is 304 g/mol. The fourth-order valence-electron chi connectivity index (χ4n) is 2.40. The average Bonchev–Trinajstić information content (AvgIpc) is 2.63. The lowest BCUT2D eigenvalue weighted by Gasteiger charge is -2.29. The predicted molar refractivity (Wildman–Crippen MR) is 54.7 cm³/mol. The number of hydrogen-bond acceptors (Lipinski definition) is 1. The summed E-state index contributed by atoms with van der Waals surface area (Å²) in [5.74, 6) is -11.5. The Balaban J connectivity index is 2.58. The molecule has 114 valence electrons. The van der Waals surface area contributed by atoms with Crippen molar-refractivity contribution < 1.29 is 30.7 Å². The van der Waals surface area contributed by atoms with Gasteiger partial charge in [0.05, 0.1) is 5.69 Å². The van der Waals surface area contributed by atoms with E-state index in [-0.39, 0.29) is 17.7 Å². The number of nitrogens with zero attached hydrogens (tertiary/aromatic N) is 2. The van der Waals surface area contributed by atoms with E-state index in [0.29, 0.717) is 23.9 Å². The van der Waals surface area contributed by atoms with Crippen molar-refractivity contribution in [3.63, 3.8) is 0 Å². The first-order chi connectivity index (χ1) is 9.00. The van der Waals surface area contributed by atoms with E-state index in [1.165, 1.54) is 0 Å². The van der Waals surface area contributed by atoms with Crippen LogP contribution in [0.3, 0.4) is 0 Å². The van der Waals surface area contributed by atoms with E-state index in [0.717, 1.165) is 7.05 Å². The zero-order valence-electron chi connectivity index (χ0n) is 10.4. The molecule has 1 aliphatic carbocycles. The lowest BCUT2D eigenvalue weighted by atomic mass is 9.92. The third-order valence-electron chi connectivity index (χ3n) is 3.37. The van der Waals surface area contributed by atoms with E-state index in [9.17, 15) is 30.7 Å². The highest BCUT2D eigenvalue weighted by atomic mass is 19.4. The highest BCUT2D eigenvalue weighted by molar-refractivity contribution is 5.33. The van der Waals surface area contributed by atoms with Gasteiger partial charge in [-0.3, -0.25) is 4.68 Å². The highest BCUT2D eigenvalue weighted by Crippen LogP contribution is 2.53. The minimum absolute atomic E-state index is 0.0298. The molecule has 20 heavy (non-hydrogen) atoms. The number of fused-ring (bicyclic) bond motifs is 1. The fourth-order valence-corrected chi connectivity index (χ4v) is 2.40. The van der Waals surface area contributed by atoms with Gasteiger partial charge >= 0.3 is 18.0 Å². The molecule has 0 bridgehead atoms. The van der Waals surface area contributed by atoms with Gasteiger partial charge in [-0.05, 0) is 25.7 Å². The van der Waals surface area contributed by atoms with Crippen LogP contribution in [0.1, 0.15) is 29.8 Å². The lowest BCUT2D eigenvalue weighted by molar-refractivity contribution is -0.361. The Morgan fingerprint density at radius 1 is 0.950 bits per heavy atom. The normalized spacial score (nSPS) is 17.2. The van der Waals surface area contributed by atoms with E-state index in [2.05, 4.69) is 5.10 Å². The molecule has 0 fully saturated rings. The standard InChI is InChI=1S/C11H11F7N2/c1-20-8(6-4-2-3-5-7(6)19-20)9(12,13)10(14,15)11(16,17)18/h2-5H2,1H3. The number of aromatic nitrogens is 2. The molecular weight excluding hydrogens is 293 g/mol. The van der Waals surface area contributed by atoms with Gasteiger partial charge in [-0.15, -0.1) is 0 Å². The summed E-state index contributed by atoms with van der Waals surface area (Å²) in [5.41, 5.74) is -1.35. The minimum atomic E-state index is -6.33. The summed E-state index contributed by atoms with van der Waals surface area (Å²) in [5, 5.41) is 3.65. The molecule has 1 aromatic rings. The zero-order chi connectivity index (χ0) is 15.3. The molecule has 2 rings (SSSR count). The maximum atomic E-state index is 13.8. The van der Waals surface area contributed by atoms with Gasteiger partial charge in [-0.2, -0.15) is 35.8 Å². The molecule has 0 saturated carbocycles. The number of aryl methyl sites for hydroxylation is 2. The molecule has 0 aromatic carbocycles. The summed E-state index contributed by atoms with van der Waals surface area (Å²) in [6.45, 7) is 0. The topological polar surface area (TPSA) is 17.8 Å². The summed E-state index contributed by atoms with van der Waals surface area (Å²) in [4.78, 5) is 0. The van der Waals surface area contributed by atoms with Crippen molar-refractivity contribution in [2.24, 2.45) is 7.05 Å². The second kappa shape index (κ2) is 4.36. The lowest BCUT2D eigenvalue weighted by Crippen LogP contribution is -2.51. The van der Waals surface area contributed by atoms with Crippen LogP contribution in [0.5, 0.6) is 0 Å². The maximum Gasteiger partial charge on any atom is 0.460 e. The van der Waals surface area contributed by atoms with Crippen LogP contribution >= 0.6 is 0 Å². The van der Waals surface area contributed by atoms with Crippen LogP contribution in [-0.4, -0.2) is 21.9 Å². The molecule has 1 heterocycles. The molecule has 2 nitrogen and oxygen atoms in total. The first-order valence-electron chi connectivity index (χ1n) is 5.87. The van der Waals surface area contributed by atoms with Crippen molar-refractivity contribution in [3.05, 3.63) is 17.0 Å². The van der Waals surface area contributed by atoms with Crippen LogP contribution in [0, 0.1) is 0 Å². The number of rotatable bonds is 2. The van der Waals surface area contributed by atoms with Crippen molar-refractivity contribution >= 4 is 0 Å². The maximum absolute atomic E-state index is 13.8. The zero-order valence-corrected chi connectivity index (χ0v) is 10.4. The molecule has 0 N–H and O–H groups in total. The van der Waals surface area contributed by atoms with E-state index in [1.807, 2.05) is 0 Å². The summed E-state index contributed by atoms with van der Waals surface area (Å²) in [6, 6.07) is 0. The highest BCUT2D eigenvalue weighted by Gasteiger charge is 2.75. The van der Waals surface area contributed by atoms with Crippen molar-refractivity contribution in [1.29, 1.82) is 0 Å². The second-order valence-corrected chi connectivity index (χ2v) is 4.75. The van der Waals surface area contributed by atoms with Crippen LogP contribution in [-0.2, 0) is 25.8 Å². The Morgan fingerprint density at radius 2 is 1.50 bits per heavy atom. The molecular formula is C11H11F7N2. The van der Waals surface area contributed by atoms with Gasteiger partial charge in [0.2, 0.25) is 0 Å². The Morgan fingerprint density at radius 3 is 2.05 bits per heavy atom. The Bertz CT molecular complexity index is 516. The molecule has 1 aromatic heterocycles. The molecule has 0 saturated heterocycles. The Hall–Kier alpha value is -1.28. The van der Waals surface area contributed by atoms with Gasteiger partial charge in [0.1, 0.15) is 5.69 Å². The summed E-state index contributed by atoms with van der Waals surface area (Å²) < 4.78 is 90.9. The van der Waals surface area contributed by atoms with E-state index >= 15 is 0 Å². The number of alkyl halides is 7. The van der Waals surface area contributed by atoms with Gasteiger partial charge in [0.15, 0.2) is 0 Å². The molecule has 0 amide bonds. The first kappa shape index (κ1) is 15.1. The smallest absolute Gasteiger partial charge is 0.266 e. The van der Waals surface area contributed by atoms with Crippen molar-refractivity contribution in [1.82, 2.24) is 9.78 Å². The number of hydrogen-bond donors (Lipinski definition) is 0. The van der Waals surface area contributed by atoms with E-state index < -0.39 is 23.7 Å². The van der Waals surface area contributed by atoms with Gasteiger partial charge in [-0.25, -0.2) is 0 Å². The van der Waals surface area contributed by atoms with Gasteiger partial charge in [-0.1, -0.05) is 0 Å². The molecule has 1 aliphatic rings. The Kier molecular flexibility index (Phi) is 3.29. The van der Waals surface area contributed by atoms with Gasteiger partial charge < -0.3 is 0 Å². The molecule has 0 atom stereocenters. The molecule has 0 unspecified atom stereocenters. The van der Waals surface area contributed by atoms with Crippen molar-refractivity contribution in [2.75, 3.05) is 0 Å². The second-order valence-electron chi connectivity index (χ2n) is 4.75. The fraction of sp³-hybridized carbons (Fsp3) is 0.727. The molecule has 0 aliphatic heterocycles. The van der Waals surface area contributed by atoms with E-state index in [1.54, 1.807) is 0 Å². The van der Waals surface area contributed by atoms with Crippen LogP contribution in [0.25, 0.3) is 0 Å². The van der Waals surface area contributed by atoms with E-state index in [4.69, 9.17) is 0 Å². The largest absolute Gasteiger partial charge is 0.460 e. The van der Waals surface area contributed by atoms with Crippen LogP contribution < -0.4 is 0 Å². The third-order valence-corrected chi connectivity index (χ3v) is 3.37. The summed E-state index contributed by atoms with van der Waals surface area (Å²) in [6.07, 6.45) is -4.90. The predicted octanol–water partition coefficient (Wildman–Crippen LogP) is 3.59. The molecule has 9 heteroatoms. The SMILES string of the molecule is Cn1nc2c(c1C(F)(F)C(F)(F)C(F)(F)F)CCCC2. The monoisotopic (exact) mass is 304 g/mol.